The fraction of sp³-hybridized carbons (Fsp3) is 0.278. The van der Waals surface area contributed by atoms with Crippen LogP contribution in [-0.2, 0) is 27.3 Å². The average molecular weight is 339 g/mol. The Kier molecular flexibility index (Phi) is 4.83. The number of Topliss-reactive ketones (excluding diaryl/α,β-unsaturated/α-hetero) is 1. The van der Waals surface area contributed by atoms with Crippen LogP contribution in [0.4, 0.5) is 0 Å². The topological polar surface area (TPSA) is 100 Å². The van der Waals surface area contributed by atoms with Gasteiger partial charge >= 0.3 is 5.97 Å². The van der Waals surface area contributed by atoms with Gasteiger partial charge in [0.25, 0.3) is 0 Å². The molecule has 128 valence electrons. The third kappa shape index (κ3) is 3.71. The zero-order chi connectivity index (χ0) is 17.8. The molecule has 0 bridgehead atoms. The number of aliphatic carboxylic acids is 1. The molecule has 1 N–H and O–H groups in total. The van der Waals surface area contributed by atoms with Crippen LogP contribution in [0.15, 0.2) is 48.8 Å². The van der Waals surface area contributed by atoms with Gasteiger partial charge in [-0.1, -0.05) is 30.3 Å². The molecule has 0 spiro atoms. The van der Waals surface area contributed by atoms with Crippen molar-refractivity contribution in [2.45, 2.75) is 13.0 Å². The minimum absolute atomic E-state index is 0.0692. The predicted molar refractivity (Wildman–Crippen MR) is 87.2 cm³/mol. The maximum absolute atomic E-state index is 12.8. The van der Waals surface area contributed by atoms with Crippen LogP contribution in [0.3, 0.4) is 0 Å². The quantitative estimate of drug-likeness (QED) is 0.787. The van der Waals surface area contributed by atoms with Crippen LogP contribution < -0.4 is 0 Å². The molecule has 0 radical (unpaired) electrons. The Morgan fingerprint density at radius 1 is 1.12 bits per heavy atom. The molecule has 25 heavy (non-hydrogen) atoms. The number of amides is 1. The Labute approximate surface area is 144 Å². The highest BCUT2D eigenvalue weighted by Gasteiger charge is 2.46. The molecule has 1 fully saturated rings. The number of carbonyl (C=O) groups is 3. The first kappa shape index (κ1) is 16.8. The Morgan fingerprint density at radius 2 is 1.80 bits per heavy atom. The Balaban J connectivity index is 1.83. The minimum Gasteiger partial charge on any atom is -0.475 e. The maximum Gasteiger partial charge on any atom is 0.372 e. The molecule has 0 aliphatic carbocycles. The van der Waals surface area contributed by atoms with E-state index in [9.17, 15) is 14.4 Å². The molecule has 1 aliphatic rings. The molecule has 2 heterocycles. The third-order valence-corrected chi connectivity index (χ3v) is 4.33. The van der Waals surface area contributed by atoms with Gasteiger partial charge in [-0.05, 0) is 18.1 Å². The second-order valence-corrected chi connectivity index (χ2v) is 5.96. The van der Waals surface area contributed by atoms with Crippen molar-refractivity contribution in [3.8, 4) is 0 Å². The molecule has 1 amide bonds. The number of hydrogen-bond donors (Lipinski definition) is 1. The monoisotopic (exact) mass is 339 g/mol. The predicted octanol–water partition coefficient (Wildman–Crippen LogP) is 0.948. The van der Waals surface area contributed by atoms with E-state index in [1.165, 1.54) is 4.90 Å². The number of ketones is 1. The highest BCUT2D eigenvalue weighted by atomic mass is 16.4. The van der Waals surface area contributed by atoms with Gasteiger partial charge < -0.3 is 10.0 Å². The summed E-state index contributed by atoms with van der Waals surface area (Å²) in [5.41, 5.74) is 0.891. The molecule has 1 saturated heterocycles. The Morgan fingerprint density at radius 3 is 2.44 bits per heavy atom. The number of carboxylic acids is 1. The SMILES string of the molecule is O=C(O)C(=O)[C@H]1CN(Cc2ncccn2)C(=O)[C@@H]1Cc1ccccc1. The van der Waals surface area contributed by atoms with Gasteiger partial charge in [0.05, 0.1) is 18.4 Å². The van der Waals surface area contributed by atoms with E-state index in [1.54, 1.807) is 18.5 Å². The lowest BCUT2D eigenvalue weighted by Crippen LogP contribution is -2.31. The van der Waals surface area contributed by atoms with Crippen molar-refractivity contribution in [3.63, 3.8) is 0 Å². The average Bonchev–Trinajstić information content (AvgIpc) is 2.92. The van der Waals surface area contributed by atoms with Crippen molar-refractivity contribution >= 4 is 17.7 Å². The summed E-state index contributed by atoms with van der Waals surface area (Å²) in [5, 5.41) is 9.08. The van der Waals surface area contributed by atoms with Crippen molar-refractivity contribution in [2.24, 2.45) is 11.8 Å². The van der Waals surface area contributed by atoms with Gasteiger partial charge in [-0.25, -0.2) is 14.8 Å². The summed E-state index contributed by atoms with van der Waals surface area (Å²) < 4.78 is 0. The molecular weight excluding hydrogens is 322 g/mol. The first-order valence-corrected chi connectivity index (χ1v) is 7.92. The van der Waals surface area contributed by atoms with Crippen LogP contribution in [0, 0.1) is 11.8 Å². The van der Waals surface area contributed by atoms with Gasteiger partial charge in [0.1, 0.15) is 5.82 Å². The Bertz CT molecular complexity index is 779. The van der Waals surface area contributed by atoms with E-state index in [-0.39, 0.29) is 19.0 Å². The van der Waals surface area contributed by atoms with Gasteiger partial charge in [0, 0.05) is 18.9 Å². The summed E-state index contributed by atoms with van der Waals surface area (Å²) in [6.45, 7) is 0.230. The van der Waals surface area contributed by atoms with Crippen molar-refractivity contribution in [1.82, 2.24) is 14.9 Å². The number of benzene rings is 1. The van der Waals surface area contributed by atoms with Crippen LogP contribution in [0.25, 0.3) is 0 Å². The van der Waals surface area contributed by atoms with E-state index in [0.717, 1.165) is 5.56 Å². The first-order valence-electron chi connectivity index (χ1n) is 7.92. The van der Waals surface area contributed by atoms with Crippen LogP contribution in [0.1, 0.15) is 11.4 Å². The summed E-state index contributed by atoms with van der Waals surface area (Å²) in [5.74, 6) is -3.77. The molecular formula is C18H17N3O4. The molecule has 2 atom stereocenters. The summed E-state index contributed by atoms with van der Waals surface area (Å²) in [4.78, 5) is 45.6. The molecule has 3 rings (SSSR count). The number of aromatic nitrogens is 2. The zero-order valence-electron chi connectivity index (χ0n) is 13.4. The first-order chi connectivity index (χ1) is 12.1. The van der Waals surface area contributed by atoms with E-state index < -0.39 is 23.6 Å². The maximum atomic E-state index is 12.8. The molecule has 0 unspecified atom stereocenters. The van der Waals surface area contributed by atoms with Gasteiger partial charge in [-0.3, -0.25) is 9.59 Å². The van der Waals surface area contributed by atoms with Gasteiger partial charge in [-0.15, -0.1) is 0 Å². The zero-order valence-corrected chi connectivity index (χ0v) is 13.4. The molecule has 0 saturated carbocycles. The highest BCUT2D eigenvalue weighted by Crippen LogP contribution is 2.30. The summed E-state index contributed by atoms with van der Waals surface area (Å²) in [6.07, 6.45) is 3.48. The van der Waals surface area contributed by atoms with Crippen molar-refractivity contribution in [1.29, 1.82) is 0 Å². The second kappa shape index (κ2) is 7.21. The highest BCUT2D eigenvalue weighted by molar-refractivity contribution is 6.34. The third-order valence-electron chi connectivity index (χ3n) is 4.33. The van der Waals surface area contributed by atoms with E-state index in [4.69, 9.17) is 5.11 Å². The van der Waals surface area contributed by atoms with Gasteiger partial charge in [-0.2, -0.15) is 0 Å². The van der Waals surface area contributed by atoms with Crippen molar-refractivity contribution in [3.05, 3.63) is 60.2 Å². The van der Waals surface area contributed by atoms with Crippen molar-refractivity contribution < 1.29 is 19.5 Å². The number of rotatable bonds is 6. The van der Waals surface area contributed by atoms with Crippen LogP contribution in [0.5, 0.6) is 0 Å². The number of likely N-dealkylation sites (tertiary alicyclic amines) is 1. The molecule has 7 nitrogen and oxygen atoms in total. The summed E-state index contributed by atoms with van der Waals surface area (Å²) in [6, 6.07) is 10.9. The number of hydrogen-bond acceptors (Lipinski definition) is 5. The normalized spacial score (nSPS) is 19.8. The van der Waals surface area contributed by atoms with E-state index in [1.807, 2.05) is 30.3 Å². The summed E-state index contributed by atoms with van der Waals surface area (Å²) in [7, 11) is 0. The standard InChI is InChI=1S/C18H17N3O4/c22-16(18(24)25)14-10-21(11-15-19-7-4-8-20-15)17(23)13(14)9-12-5-2-1-3-6-12/h1-8,13-14H,9-11H2,(H,24,25)/t13-,14+/m1/s1. The van der Waals surface area contributed by atoms with Crippen LogP contribution in [-0.4, -0.2) is 44.2 Å². The molecule has 1 aromatic carbocycles. The largest absolute Gasteiger partial charge is 0.475 e. The fourth-order valence-corrected chi connectivity index (χ4v) is 3.11. The molecule has 1 aromatic heterocycles. The number of carbonyl (C=O) groups excluding carboxylic acids is 2. The van der Waals surface area contributed by atoms with Crippen molar-refractivity contribution in [2.75, 3.05) is 6.54 Å². The number of carboxylic acid groups (broad SMARTS) is 1. The lowest BCUT2D eigenvalue weighted by Gasteiger charge is -2.15. The van der Waals surface area contributed by atoms with Gasteiger partial charge in [0.2, 0.25) is 11.7 Å². The summed E-state index contributed by atoms with van der Waals surface area (Å²) >= 11 is 0. The molecule has 2 aromatic rings. The minimum atomic E-state index is -1.51. The lowest BCUT2D eigenvalue weighted by molar-refractivity contribution is -0.151. The molecule has 1 aliphatic heterocycles. The van der Waals surface area contributed by atoms with E-state index in [0.29, 0.717) is 12.2 Å². The van der Waals surface area contributed by atoms with Crippen LogP contribution >= 0.6 is 0 Å². The van der Waals surface area contributed by atoms with E-state index in [2.05, 4.69) is 9.97 Å². The lowest BCUT2D eigenvalue weighted by atomic mass is 9.86. The van der Waals surface area contributed by atoms with Gasteiger partial charge in [0.15, 0.2) is 0 Å². The molecule has 7 heteroatoms. The van der Waals surface area contributed by atoms with Crippen LogP contribution in [0.2, 0.25) is 0 Å². The number of nitrogens with zero attached hydrogens (tertiary/aromatic N) is 3. The smallest absolute Gasteiger partial charge is 0.372 e. The second-order valence-electron chi connectivity index (χ2n) is 5.96. The Hall–Kier alpha value is -3.09. The van der Waals surface area contributed by atoms with E-state index >= 15 is 0 Å². The fourth-order valence-electron chi connectivity index (χ4n) is 3.11.